The van der Waals surface area contributed by atoms with Gasteiger partial charge in [-0.05, 0) is 50.1 Å². The van der Waals surface area contributed by atoms with Crippen LogP contribution >= 0.6 is 0 Å². The lowest BCUT2D eigenvalue weighted by molar-refractivity contribution is -0.139. The molecule has 1 fully saturated rings. The minimum atomic E-state index is -0.632. The number of aryl methyl sites for hydroxylation is 1. The molecule has 2 aromatic rings. The van der Waals surface area contributed by atoms with E-state index in [9.17, 15) is 18.8 Å². The van der Waals surface area contributed by atoms with Crippen LogP contribution in [0.4, 0.5) is 9.18 Å². The third-order valence-corrected chi connectivity index (χ3v) is 6.99. The van der Waals surface area contributed by atoms with Crippen molar-refractivity contribution in [1.29, 1.82) is 0 Å². The van der Waals surface area contributed by atoms with Gasteiger partial charge in [0.1, 0.15) is 5.82 Å². The third kappa shape index (κ3) is 5.51. The Bertz CT molecular complexity index is 1230. The summed E-state index contributed by atoms with van der Waals surface area (Å²) in [6, 6.07) is 12.3. The Hall–Kier alpha value is -3.72. The zero-order valence-electron chi connectivity index (χ0n) is 21.7. The van der Waals surface area contributed by atoms with Crippen LogP contribution in [0.15, 0.2) is 59.8 Å². The summed E-state index contributed by atoms with van der Waals surface area (Å²) in [4.78, 5) is 44.5. The summed E-state index contributed by atoms with van der Waals surface area (Å²) >= 11 is 0. The highest BCUT2D eigenvalue weighted by Gasteiger charge is 2.39. The Morgan fingerprint density at radius 2 is 1.89 bits per heavy atom. The zero-order chi connectivity index (χ0) is 26.7. The molecule has 2 aliphatic rings. The van der Waals surface area contributed by atoms with E-state index in [1.807, 2.05) is 38.1 Å². The molecule has 2 atom stereocenters. The number of carbonyl (C=O) groups is 3. The maximum Gasteiger partial charge on any atom is 0.338 e. The van der Waals surface area contributed by atoms with Crippen molar-refractivity contribution in [3.05, 3.63) is 82.3 Å². The molecule has 1 N–H and O–H groups in total. The summed E-state index contributed by atoms with van der Waals surface area (Å²) in [6.45, 7) is 7.70. The summed E-state index contributed by atoms with van der Waals surface area (Å²) in [5.74, 6) is -1.13. The molecule has 0 radical (unpaired) electrons. The van der Waals surface area contributed by atoms with Crippen molar-refractivity contribution >= 4 is 17.9 Å². The maximum atomic E-state index is 13.7. The predicted molar refractivity (Wildman–Crippen MR) is 137 cm³/mol. The van der Waals surface area contributed by atoms with E-state index in [1.54, 1.807) is 24.9 Å². The lowest BCUT2D eigenvalue weighted by atomic mass is 9.91. The maximum absolute atomic E-state index is 13.7. The number of hydrogen-bond acceptors (Lipinski definition) is 5. The number of amides is 3. The molecule has 9 heteroatoms. The summed E-state index contributed by atoms with van der Waals surface area (Å²) in [7, 11) is 1.64. The summed E-state index contributed by atoms with van der Waals surface area (Å²) in [5.41, 5.74) is 3.09. The minimum absolute atomic E-state index is 0.147. The first-order chi connectivity index (χ1) is 17.7. The first kappa shape index (κ1) is 26.3. The van der Waals surface area contributed by atoms with Crippen LogP contribution in [0.3, 0.4) is 0 Å². The number of piperazine rings is 1. The number of nitrogens with one attached hydrogen (secondary N) is 1. The average molecular weight is 509 g/mol. The third-order valence-electron chi connectivity index (χ3n) is 6.99. The quantitative estimate of drug-likeness (QED) is 0.604. The molecule has 0 aliphatic carbocycles. The van der Waals surface area contributed by atoms with Crippen molar-refractivity contribution in [3.63, 3.8) is 0 Å². The molecular weight excluding hydrogens is 475 g/mol. The first-order valence-corrected chi connectivity index (χ1v) is 12.5. The lowest BCUT2D eigenvalue weighted by Crippen LogP contribution is -2.56. The predicted octanol–water partition coefficient (Wildman–Crippen LogP) is 3.49. The lowest BCUT2D eigenvalue weighted by Gasteiger charge is -2.42. The number of ether oxygens (including phenoxy) is 1. The van der Waals surface area contributed by atoms with Crippen LogP contribution in [-0.2, 0) is 9.53 Å². The van der Waals surface area contributed by atoms with Gasteiger partial charge in [-0.3, -0.25) is 14.6 Å². The zero-order valence-corrected chi connectivity index (χ0v) is 21.7. The van der Waals surface area contributed by atoms with E-state index in [0.29, 0.717) is 43.0 Å². The molecule has 8 nitrogen and oxygen atoms in total. The van der Waals surface area contributed by atoms with Gasteiger partial charge in [0.2, 0.25) is 0 Å². The van der Waals surface area contributed by atoms with E-state index in [2.05, 4.69) is 10.2 Å². The summed E-state index contributed by atoms with van der Waals surface area (Å²) in [6.07, 6.45) is 0. The van der Waals surface area contributed by atoms with Gasteiger partial charge in [0.15, 0.2) is 0 Å². The molecule has 0 saturated carbocycles. The van der Waals surface area contributed by atoms with Crippen molar-refractivity contribution in [2.45, 2.75) is 32.9 Å². The van der Waals surface area contributed by atoms with Crippen molar-refractivity contribution in [3.8, 4) is 0 Å². The van der Waals surface area contributed by atoms with Crippen molar-refractivity contribution < 1.29 is 23.5 Å². The Balaban J connectivity index is 1.61. The molecule has 2 aromatic carbocycles. The summed E-state index contributed by atoms with van der Waals surface area (Å²) < 4.78 is 19.1. The number of rotatable bonds is 6. The van der Waals surface area contributed by atoms with Crippen molar-refractivity contribution in [2.24, 2.45) is 0 Å². The van der Waals surface area contributed by atoms with Crippen molar-refractivity contribution in [1.82, 2.24) is 20.0 Å². The van der Waals surface area contributed by atoms with Crippen LogP contribution in [0.25, 0.3) is 0 Å². The second kappa shape index (κ2) is 11.1. The topological polar surface area (TPSA) is 82.2 Å². The smallest absolute Gasteiger partial charge is 0.338 e. The number of benzene rings is 2. The van der Waals surface area contributed by atoms with E-state index in [0.717, 1.165) is 11.1 Å². The molecular formula is C28H33FN4O4. The van der Waals surface area contributed by atoms with E-state index >= 15 is 0 Å². The molecule has 0 spiro atoms. The van der Waals surface area contributed by atoms with Crippen LogP contribution in [-0.4, -0.2) is 78.5 Å². The first-order valence-electron chi connectivity index (χ1n) is 12.5. The second-order valence-corrected chi connectivity index (χ2v) is 9.47. The molecule has 0 unspecified atom stereocenters. The number of urea groups is 1. The average Bonchev–Trinajstić information content (AvgIpc) is 2.87. The minimum Gasteiger partial charge on any atom is -0.463 e. The van der Waals surface area contributed by atoms with Crippen LogP contribution in [0.1, 0.15) is 41.4 Å². The normalized spacial score (nSPS) is 20.6. The molecule has 1 saturated heterocycles. The molecule has 4 rings (SSSR count). The molecule has 2 heterocycles. The number of nitrogens with zero attached hydrogens (tertiary/aromatic N) is 3. The van der Waals surface area contributed by atoms with Crippen LogP contribution in [0, 0.1) is 12.7 Å². The Kier molecular flexibility index (Phi) is 7.92. The van der Waals surface area contributed by atoms with E-state index < -0.39 is 17.8 Å². The highest BCUT2D eigenvalue weighted by Crippen LogP contribution is 2.33. The molecule has 3 amide bonds. The van der Waals surface area contributed by atoms with E-state index in [1.165, 1.54) is 23.1 Å². The monoisotopic (exact) mass is 508 g/mol. The van der Waals surface area contributed by atoms with E-state index in [-0.39, 0.29) is 24.6 Å². The standard InChI is InChI=1S/C28H33FN4O4/c1-5-37-27(35)24-23(31(4)28(36)30-25(24)22-12-7-6-9-18(22)2)17-32-13-14-33(19(3)16-32)26(34)20-10-8-11-21(29)15-20/h6-12,15,19,25H,5,13-14,16-17H2,1-4H3,(H,30,36)/t19-,25+/m1/s1. The fourth-order valence-corrected chi connectivity index (χ4v) is 5.02. The Morgan fingerprint density at radius 1 is 1.14 bits per heavy atom. The van der Waals surface area contributed by atoms with Gasteiger partial charge >= 0.3 is 12.0 Å². The van der Waals surface area contributed by atoms with E-state index in [4.69, 9.17) is 4.74 Å². The van der Waals surface area contributed by atoms with Gasteiger partial charge in [0.05, 0.1) is 18.2 Å². The van der Waals surface area contributed by atoms with Gasteiger partial charge in [-0.15, -0.1) is 0 Å². The molecule has 0 bridgehead atoms. The van der Waals surface area contributed by atoms with Gasteiger partial charge in [0, 0.05) is 50.5 Å². The highest BCUT2D eigenvalue weighted by molar-refractivity contribution is 5.95. The van der Waals surface area contributed by atoms with Crippen molar-refractivity contribution in [2.75, 3.05) is 39.8 Å². The fraction of sp³-hybridized carbons (Fsp3) is 0.393. The van der Waals surface area contributed by atoms with Crippen LogP contribution in [0.2, 0.25) is 0 Å². The number of likely N-dealkylation sites (N-methyl/N-ethyl adjacent to an activating group) is 1. The number of esters is 1. The fourth-order valence-electron chi connectivity index (χ4n) is 5.02. The largest absolute Gasteiger partial charge is 0.463 e. The highest BCUT2D eigenvalue weighted by atomic mass is 19.1. The number of hydrogen-bond donors (Lipinski definition) is 1. The summed E-state index contributed by atoms with van der Waals surface area (Å²) in [5, 5.41) is 2.96. The van der Waals surface area contributed by atoms with Crippen LogP contribution < -0.4 is 5.32 Å². The van der Waals surface area contributed by atoms with Gasteiger partial charge in [-0.1, -0.05) is 30.3 Å². The number of halogens is 1. The molecule has 196 valence electrons. The second-order valence-electron chi connectivity index (χ2n) is 9.47. The molecule has 37 heavy (non-hydrogen) atoms. The van der Waals surface area contributed by atoms with Gasteiger partial charge < -0.3 is 15.0 Å². The Morgan fingerprint density at radius 3 is 2.57 bits per heavy atom. The van der Waals surface area contributed by atoms with Gasteiger partial charge in [-0.2, -0.15) is 0 Å². The molecule has 0 aromatic heterocycles. The van der Waals surface area contributed by atoms with Crippen LogP contribution in [0.5, 0.6) is 0 Å². The van der Waals surface area contributed by atoms with Gasteiger partial charge in [0.25, 0.3) is 5.91 Å². The van der Waals surface area contributed by atoms with Gasteiger partial charge in [-0.25, -0.2) is 14.0 Å². The number of carbonyl (C=O) groups excluding carboxylic acids is 3. The SMILES string of the molecule is CCOC(=O)C1=C(CN2CCN(C(=O)c3cccc(F)c3)[C@H](C)C2)N(C)C(=O)N[C@H]1c1ccccc1C. The molecule has 2 aliphatic heterocycles. The Labute approximate surface area is 216 Å².